The smallest absolute Gasteiger partial charge is 0.315 e. The van der Waals surface area contributed by atoms with Crippen LogP contribution < -0.4 is 11.1 Å². The molecule has 0 unspecified atom stereocenters. The minimum Gasteiger partial charge on any atom is -0.315 e. The molecule has 0 atom stereocenters. The molecule has 0 radical (unpaired) electrons. The third-order valence-electron chi connectivity index (χ3n) is 4.32. The number of aromatic amines is 1. The predicted octanol–water partition coefficient (Wildman–Crippen LogP) is 2.79. The van der Waals surface area contributed by atoms with E-state index in [4.69, 9.17) is 11.6 Å². The van der Waals surface area contributed by atoms with Crippen LogP contribution in [0.1, 0.15) is 5.56 Å². The quantitative estimate of drug-likeness (QED) is 0.567. The summed E-state index contributed by atoms with van der Waals surface area (Å²) in [4.78, 5) is 26.1. The second kappa shape index (κ2) is 6.31. The molecule has 4 aromatic rings. The lowest BCUT2D eigenvalue weighted by molar-refractivity contribution is 0.687. The lowest BCUT2D eigenvalue weighted by Crippen LogP contribution is -2.34. The molecular formula is C19H15ClN4O2. The normalized spacial score (nSPS) is 11.2. The van der Waals surface area contributed by atoms with Crippen LogP contribution in [0.15, 0.2) is 64.4 Å². The molecular weight excluding hydrogens is 352 g/mol. The molecule has 1 N–H and O–H groups in total. The second-order valence-electron chi connectivity index (χ2n) is 6.08. The van der Waals surface area contributed by atoms with Crippen molar-refractivity contribution in [2.75, 3.05) is 0 Å². The van der Waals surface area contributed by atoms with Gasteiger partial charge in [-0.25, -0.2) is 0 Å². The zero-order chi connectivity index (χ0) is 18.3. The summed E-state index contributed by atoms with van der Waals surface area (Å²) in [7, 11) is 1.55. The number of halogens is 1. The van der Waals surface area contributed by atoms with Gasteiger partial charge < -0.3 is 9.55 Å². The average molecular weight is 367 g/mol. The van der Waals surface area contributed by atoms with Crippen LogP contribution in [0.4, 0.5) is 0 Å². The molecule has 0 aliphatic rings. The molecule has 2 aromatic heterocycles. The van der Waals surface area contributed by atoms with Gasteiger partial charge in [-0.05, 0) is 23.3 Å². The van der Waals surface area contributed by atoms with Crippen LogP contribution in [0, 0.1) is 0 Å². The topological polar surface area (TPSA) is 72.7 Å². The van der Waals surface area contributed by atoms with Crippen LogP contribution in [-0.2, 0) is 13.6 Å². The lowest BCUT2D eigenvalue weighted by Gasteiger charge is -2.08. The van der Waals surface area contributed by atoms with Crippen molar-refractivity contribution in [3.8, 4) is 11.1 Å². The van der Waals surface area contributed by atoms with Crippen LogP contribution in [-0.4, -0.2) is 19.3 Å². The SMILES string of the molecule is Cn1c(=O)c(=O)[nH]c2c(Cl)cc(-c3cnn(Cc4ccccc4)c3)cc21. The number of H-pyrrole nitrogens is 1. The van der Waals surface area contributed by atoms with Gasteiger partial charge in [-0.1, -0.05) is 41.9 Å². The lowest BCUT2D eigenvalue weighted by atomic mass is 10.1. The Hall–Kier alpha value is -3.12. The average Bonchev–Trinajstić information content (AvgIpc) is 3.10. The van der Waals surface area contributed by atoms with Gasteiger partial charge in [0.2, 0.25) is 0 Å². The molecule has 130 valence electrons. The zero-order valence-corrected chi connectivity index (χ0v) is 14.7. The van der Waals surface area contributed by atoms with Crippen LogP contribution in [0.3, 0.4) is 0 Å². The van der Waals surface area contributed by atoms with Gasteiger partial charge in [0.1, 0.15) is 0 Å². The molecule has 7 heteroatoms. The Morgan fingerprint density at radius 2 is 1.88 bits per heavy atom. The third kappa shape index (κ3) is 2.84. The Morgan fingerprint density at radius 3 is 2.65 bits per heavy atom. The Bertz CT molecular complexity index is 1220. The first kappa shape index (κ1) is 16.4. The summed E-state index contributed by atoms with van der Waals surface area (Å²) in [6, 6.07) is 13.6. The number of aromatic nitrogens is 4. The summed E-state index contributed by atoms with van der Waals surface area (Å²) < 4.78 is 3.15. The molecule has 0 saturated heterocycles. The third-order valence-corrected chi connectivity index (χ3v) is 4.62. The fraction of sp³-hybridized carbons (Fsp3) is 0.105. The standard InChI is InChI=1S/C19H15ClN4O2/c1-23-16-8-13(7-15(20)17(16)22-18(25)19(23)26)14-9-21-24(11-14)10-12-5-3-2-4-6-12/h2-9,11H,10H2,1H3,(H,22,25). The summed E-state index contributed by atoms with van der Waals surface area (Å²) in [6.07, 6.45) is 3.68. The van der Waals surface area contributed by atoms with Crippen LogP contribution >= 0.6 is 11.6 Å². The van der Waals surface area contributed by atoms with Crippen LogP contribution in [0.2, 0.25) is 5.02 Å². The van der Waals surface area contributed by atoms with Gasteiger partial charge in [-0.3, -0.25) is 14.3 Å². The molecule has 0 bridgehead atoms. The van der Waals surface area contributed by atoms with Crippen LogP contribution in [0.25, 0.3) is 22.2 Å². The van der Waals surface area contributed by atoms with Gasteiger partial charge >= 0.3 is 11.1 Å². The minimum absolute atomic E-state index is 0.376. The van der Waals surface area contributed by atoms with E-state index in [1.165, 1.54) is 4.57 Å². The number of hydrogen-bond donors (Lipinski definition) is 1. The van der Waals surface area contributed by atoms with Crippen molar-refractivity contribution in [1.29, 1.82) is 0 Å². The summed E-state index contributed by atoms with van der Waals surface area (Å²) >= 11 is 6.33. The van der Waals surface area contributed by atoms with E-state index < -0.39 is 11.1 Å². The number of nitrogens with zero attached hydrogens (tertiary/aromatic N) is 3. The second-order valence-corrected chi connectivity index (χ2v) is 6.49. The van der Waals surface area contributed by atoms with E-state index in [1.54, 1.807) is 19.3 Å². The highest BCUT2D eigenvalue weighted by atomic mass is 35.5. The van der Waals surface area contributed by atoms with E-state index in [0.717, 1.165) is 16.7 Å². The summed E-state index contributed by atoms with van der Waals surface area (Å²) in [5.41, 5.74) is 2.55. The molecule has 6 nitrogen and oxygen atoms in total. The fourth-order valence-corrected chi connectivity index (χ4v) is 3.21. The van der Waals surface area contributed by atoms with Crippen LogP contribution in [0.5, 0.6) is 0 Å². The molecule has 0 fully saturated rings. The van der Waals surface area contributed by atoms with Gasteiger partial charge in [-0.15, -0.1) is 0 Å². The maximum Gasteiger partial charge on any atom is 0.316 e. The van der Waals surface area contributed by atoms with Crippen molar-refractivity contribution in [2.45, 2.75) is 6.54 Å². The van der Waals surface area contributed by atoms with E-state index in [9.17, 15) is 9.59 Å². The van der Waals surface area contributed by atoms with Crippen molar-refractivity contribution < 1.29 is 0 Å². The number of rotatable bonds is 3. The van der Waals surface area contributed by atoms with Gasteiger partial charge in [0.25, 0.3) is 0 Å². The van der Waals surface area contributed by atoms with E-state index >= 15 is 0 Å². The number of hydrogen-bond acceptors (Lipinski definition) is 3. The van der Waals surface area contributed by atoms with Crippen molar-refractivity contribution in [3.63, 3.8) is 0 Å². The van der Waals surface area contributed by atoms with E-state index in [1.807, 2.05) is 47.3 Å². The molecule has 0 amide bonds. The van der Waals surface area contributed by atoms with Crippen molar-refractivity contribution in [3.05, 3.63) is 86.2 Å². The zero-order valence-electron chi connectivity index (χ0n) is 13.9. The van der Waals surface area contributed by atoms with Gasteiger partial charge in [0.05, 0.1) is 28.8 Å². The monoisotopic (exact) mass is 366 g/mol. The van der Waals surface area contributed by atoms with Gasteiger partial charge in [0, 0.05) is 18.8 Å². The van der Waals surface area contributed by atoms with Crippen molar-refractivity contribution in [1.82, 2.24) is 19.3 Å². The Balaban J connectivity index is 1.78. The maximum absolute atomic E-state index is 11.9. The van der Waals surface area contributed by atoms with E-state index in [0.29, 0.717) is 22.6 Å². The molecule has 0 saturated carbocycles. The largest absolute Gasteiger partial charge is 0.316 e. The first-order valence-electron chi connectivity index (χ1n) is 8.02. The number of nitrogens with one attached hydrogen (secondary N) is 1. The minimum atomic E-state index is -0.690. The summed E-state index contributed by atoms with van der Waals surface area (Å²) in [5.74, 6) is 0. The Morgan fingerprint density at radius 1 is 1.12 bits per heavy atom. The highest BCUT2D eigenvalue weighted by molar-refractivity contribution is 6.35. The highest BCUT2D eigenvalue weighted by Gasteiger charge is 2.11. The first-order valence-corrected chi connectivity index (χ1v) is 8.40. The molecule has 2 heterocycles. The van der Waals surface area contributed by atoms with E-state index in [-0.39, 0.29) is 0 Å². The highest BCUT2D eigenvalue weighted by Crippen LogP contribution is 2.28. The predicted molar refractivity (Wildman–Crippen MR) is 102 cm³/mol. The van der Waals surface area contributed by atoms with Gasteiger partial charge in [-0.2, -0.15) is 5.10 Å². The molecule has 0 aliphatic heterocycles. The molecule has 4 rings (SSSR count). The summed E-state index contributed by atoms with van der Waals surface area (Å²) in [5, 5.41) is 4.77. The number of aryl methyl sites for hydroxylation is 1. The fourth-order valence-electron chi connectivity index (χ4n) is 2.95. The van der Waals surface area contributed by atoms with Crippen molar-refractivity contribution >= 4 is 22.6 Å². The van der Waals surface area contributed by atoms with Gasteiger partial charge in [0.15, 0.2) is 0 Å². The maximum atomic E-state index is 11.9. The van der Waals surface area contributed by atoms with E-state index in [2.05, 4.69) is 10.1 Å². The number of fused-ring (bicyclic) bond motifs is 1. The number of benzene rings is 2. The Kier molecular flexibility index (Phi) is 3.97. The van der Waals surface area contributed by atoms with Crippen molar-refractivity contribution in [2.24, 2.45) is 7.05 Å². The molecule has 0 aliphatic carbocycles. The Labute approximate surface area is 153 Å². The first-order chi connectivity index (χ1) is 12.5. The molecule has 0 spiro atoms. The molecule has 2 aromatic carbocycles. The summed E-state index contributed by atoms with van der Waals surface area (Å²) in [6.45, 7) is 0.661. The molecule has 26 heavy (non-hydrogen) atoms.